The monoisotopic (exact) mass is 216 g/mol. The van der Waals surface area contributed by atoms with Crippen LogP contribution >= 0.6 is 27.3 Å². The normalized spacial score (nSPS) is 30.6. The molecule has 1 saturated carbocycles. The Hall–Kier alpha value is 0.180. The van der Waals surface area contributed by atoms with Crippen molar-refractivity contribution in [3.05, 3.63) is 20.8 Å². The van der Waals surface area contributed by atoms with Gasteiger partial charge >= 0.3 is 0 Å². The number of rotatable bonds is 1. The van der Waals surface area contributed by atoms with Crippen LogP contribution in [-0.2, 0) is 0 Å². The zero-order valence-electron chi connectivity index (χ0n) is 5.80. The Balaban J connectivity index is 2.20. The summed E-state index contributed by atoms with van der Waals surface area (Å²) in [6.07, 6.45) is 1.40. The van der Waals surface area contributed by atoms with Gasteiger partial charge in [-0.15, -0.1) is 11.3 Å². The molecule has 1 aromatic rings. The number of halogens is 1. The third-order valence-corrected chi connectivity index (χ3v) is 3.82. The van der Waals surface area contributed by atoms with Crippen LogP contribution in [0.25, 0.3) is 0 Å². The van der Waals surface area contributed by atoms with E-state index in [1.807, 2.05) is 11.3 Å². The highest BCUT2D eigenvalue weighted by Crippen LogP contribution is 2.49. The maximum Gasteiger partial charge on any atom is 0.0701 e. The van der Waals surface area contributed by atoms with Crippen molar-refractivity contribution in [2.75, 3.05) is 0 Å². The first-order chi connectivity index (χ1) is 4.77. The smallest absolute Gasteiger partial charge is 0.0701 e. The van der Waals surface area contributed by atoms with Crippen molar-refractivity contribution >= 4 is 27.3 Å². The molecule has 0 N–H and O–H groups in total. The van der Waals surface area contributed by atoms with Crippen LogP contribution in [0.3, 0.4) is 0 Å². The van der Waals surface area contributed by atoms with E-state index in [9.17, 15) is 0 Å². The fraction of sp³-hybridized carbons (Fsp3) is 0.500. The standard InChI is InChI=1S/C8H9BrS/c1-5-4-6(5)7-2-3-8(9)10-7/h2-3,5-6H,4H2,1H3. The summed E-state index contributed by atoms with van der Waals surface area (Å²) in [5.74, 6) is 1.82. The largest absolute Gasteiger partial charge is 0.133 e. The Labute approximate surface area is 73.4 Å². The maximum absolute atomic E-state index is 3.47. The van der Waals surface area contributed by atoms with E-state index in [0.29, 0.717) is 0 Å². The van der Waals surface area contributed by atoms with Gasteiger partial charge in [-0.25, -0.2) is 0 Å². The molecule has 0 saturated heterocycles. The quantitative estimate of drug-likeness (QED) is 0.673. The summed E-state index contributed by atoms with van der Waals surface area (Å²) in [6, 6.07) is 4.38. The summed E-state index contributed by atoms with van der Waals surface area (Å²) in [5.41, 5.74) is 0. The molecule has 2 heteroatoms. The second-order valence-electron chi connectivity index (χ2n) is 2.96. The first-order valence-electron chi connectivity index (χ1n) is 3.52. The van der Waals surface area contributed by atoms with Gasteiger partial charge in [-0.3, -0.25) is 0 Å². The third kappa shape index (κ3) is 1.15. The zero-order valence-corrected chi connectivity index (χ0v) is 8.21. The Morgan fingerprint density at radius 3 is 2.70 bits per heavy atom. The van der Waals surface area contributed by atoms with E-state index >= 15 is 0 Å². The van der Waals surface area contributed by atoms with Gasteiger partial charge in [0.1, 0.15) is 0 Å². The van der Waals surface area contributed by atoms with Gasteiger partial charge < -0.3 is 0 Å². The molecular weight excluding hydrogens is 208 g/mol. The molecular formula is C8H9BrS. The van der Waals surface area contributed by atoms with Crippen LogP contribution in [-0.4, -0.2) is 0 Å². The van der Waals surface area contributed by atoms with Crippen molar-refractivity contribution in [2.45, 2.75) is 19.3 Å². The summed E-state index contributed by atoms with van der Waals surface area (Å²) in [6.45, 7) is 2.32. The molecule has 1 aromatic heterocycles. The second kappa shape index (κ2) is 2.35. The molecule has 54 valence electrons. The molecule has 1 fully saturated rings. The second-order valence-corrected chi connectivity index (χ2v) is 5.46. The van der Waals surface area contributed by atoms with Gasteiger partial charge in [-0.05, 0) is 46.3 Å². The van der Waals surface area contributed by atoms with E-state index < -0.39 is 0 Å². The highest BCUT2D eigenvalue weighted by Gasteiger charge is 2.34. The average Bonchev–Trinajstić information content (AvgIpc) is 2.42. The van der Waals surface area contributed by atoms with Crippen molar-refractivity contribution < 1.29 is 0 Å². The first kappa shape index (κ1) is 6.86. The topological polar surface area (TPSA) is 0 Å². The van der Waals surface area contributed by atoms with Crippen molar-refractivity contribution in [3.8, 4) is 0 Å². The van der Waals surface area contributed by atoms with Crippen LogP contribution < -0.4 is 0 Å². The lowest BCUT2D eigenvalue weighted by atomic mass is 10.3. The lowest BCUT2D eigenvalue weighted by Gasteiger charge is -1.86. The van der Waals surface area contributed by atoms with E-state index in [4.69, 9.17) is 0 Å². The van der Waals surface area contributed by atoms with Crippen LogP contribution in [0.1, 0.15) is 24.1 Å². The first-order valence-corrected chi connectivity index (χ1v) is 5.13. The molecule has 1 aliphatic carbocycles. The molecule has 1 heterocycles. The van der Waals surface area contributed by atoms with Gasteiger partial charge in [0.05, 0.1) is 3.79 Å². The van der Waals surface area contributed by atoms with E-state index in [0.717, 1.165) is 11.8 Å². The minimum Gasteiger partial charge on any atom is -0.133 e. The number of hydrogen-bond donors (Lipinski definition) is 0. The van der Waals surface area contributed by atoms with E-state index in [1.165, 1.54) is 10.2 Å². The van der Waals surface area contributed by atoms with Gasteiger partial charge in [-0.2, -0.15) is 0 Å². The van der Waals surface area contributed by atoms with Crippen LogP contribution in [0, 0.1) is 5.92 Å². The molecule has 2 unspecified atom stereocenters. The van der Waals surface area contributed by atoms with Gasteiger partial charge in [0.25, 0.3) is 0 Å². The van der Waals surface area contributed by atoms with Crippen LogP contribution in [0.5, 0.6) is 0 Å². The van der Waals surface area contributed by atoms with Crippen molar-refractivity contribution in [2.24, 2.45) is 5.92 Å². The average molecular weight is 217 g/mol. The summed E-state index contributed by atoms with van der Waals surface area (Å²) < 4.78 is 1.27. The summed E-state index contributed by atoms with van der Waals surface area (Å²) >= 11 is 5.35. The van der Waals surface area contributed by atoms with Gasteiger partial charge in [0.2, 0.25) is 0 Å². The van der Waals surface area contributed by atoms with E-state index in [2.05, 4.69) is 35.0 Å². The summed E-state index contributed by atoms with van der Waals surface area (Å²) in [4.78, 5) is 1.55. The lowest BCUT2D eigenvalue weighted by molar-refractivity contribution is 0.926. The predicted octanol–water partition coefficient (Wildman–Crippen LogP) is 3.63. The molecule has 2 rings (SSSR count). The maximum atomic E-state index is 3.47. The molecule has 0 aromatic carbocycles. The Kier molecular flexibility index (Phi) is 1.61. The van der Waals surface area contributed by atoms with Crippen LogP contribution in [0.15, 0.2) is 15.9 Å². The molecule has 2 atom stereocenters. The molecule has 1 aliphatic rings. The SMILES string of the molecule is CC1CC1c1ccc(Br)s1. The Bertz CT molecular complexity index is 241. The third-order valence-electron chi connectivity index (χ3n) is 2.07. The number of thiophene rings is 1. The van der Waals surface area contributed by atoms with Crippen molar-refractivity contribution in [1.29, 1.82) is 0 Å². The fourth-order valence-corrected chi connectivity index (χ4v) is 2.92. The van der Waals surface area contributed by atoms with E-state index in [-0.39, 0.29) is 0 Å². The summed E-state index contributed by atoms with van der Waals surface area (Å²) in [5, 5.41) is 0. The molecule has 0 radical (unpaired) electrons. The lowest BCUT2D eigenvalue weighted by Crippen LogP contribution is -1.69. The molecule has 0 aliphatic heterocycles. The fourth-order valence-electron chi connectivity index (χ4n) is 1.25. The Morgan fingerprint density at radius 2 is 2.30 bits per heavy atom. The van der Waals surface area contributed by atoms with Crippen molar-refractivity contribution in [1.82, 2.24) is 0 Å². The summed E-state index contributed by atoms with van der Waals surface area (Å²) in [7, 11) is 0. The van der Waals surface area contributed by atoms with Gasteiger partial charge in [-0.1, -0.05) is 6.92 Å². The molecule has 0 nitrogen and oxygen atoms in total. The molecule has 0 spiro atoms. The number of hydrogen-bond acceptors (Lipinski definition) is 1. The van der Waals surface area contributed by atoms with Gasteiger partial charge in [0.15, 0.2) is 0 Å². The molecule has 0 amide bonds. The highest BCUT2D eigenvalue weighted by molar-refractivity contribution is 9.11. The van der Waals surface area contributed by atoms with Crippen molar-refractivity contribution in [3.63, 3.8) is 0 Å². The Morgan fingerprint density at radius 1 is 1.60 bits per heavy atom. The zero-order chi connectivity index (χ0) is 7.14. The predicted molar refractivity (Wildman–Crippen MR) is 48.5 cm³/mol. The molecule has 10 heavy (non-hydrogen) atoms. The highest BCUT2D eigenvalue weighted by atomic mass is 79.9. The molecule has 0 bridgehead atoms. The van der Waals surface area contributed by atoms with Gasteiger partial charge in [0, 0.05) is 4.88 Å². The minimum atomic E-state index is 0.885. The van der Waals surface area contributed by atoms with Crippen LogP contribution in [0.2, 0.25) is 0 Å². The minimum absolute atomic E-state index is 0.885. The van der Waals surface area contributed by atoms with Crippen LogP contribution in [0.4, 0.5) is 0 Å². The van der Waals surface area contributed by atoms with E-state index in [1.54, 1.807) is 4.88 Å².